The average molecular weight is 522 g/mol. The fourth-order valence-electron chi connectivity index (χ4n) is 5.10. The van der Waals surface area contributed by atoms with Gasteiger partial charge in [-0.3, -0.25) is 19.2 Å². The number of nitrogens with one attached hydrogen (secondary N) is 1. The van der Waals surface area contributed by atoms with E-state index in [2.05, 4.69) is 5.32 Å². The normalized spacial score (nSPS) is 18.0. The van der Waals surface area contributed by atoms with E-state index in [0.717, 1.165) is 12.5 Å². The maximum atomic E-state index is 14.5. The van der Waals surface area contributed by atoms with E-state index in [4.69, 9.17) is 4.74 Å². The third kappa shape index (κ3) is 7.05. The molecule has 2 heterocycles. The number of rotatable bonds is 6. The minimum absolute atomic E-state index is 0.00388. The van der Waals surface area contributed by atoms with Crippen LogP contribution in [0, 0.1) is 24.0 Å². The fourth-order valence-corrected chi connectivity index (χ4v) is 5.10. The molecule has 1 aromatic carbocycles. The maximum absolute atomic E-state index is 14.5. The number of esters is 1. The van der Waals surface area contributed by atoms with Gasteiger partial charge >= 0.3 is 5.97 Å². The van der Waals surface area contributed by atoms with Crippen molar-refractivity contribution in [2.24, 2.45) is 5.41 Å². The standard InChI is InChI=1S/C27H37F2N3O5/c1-17-6-7-19(28)22(23(17)29)25(36)31-13-10-27(11-14-31)12-15-32(16-27)24(35)20(30-18(2)33)8-9-21(34)37-26(3,4)5/h6-7,20H,8-16H2,1-5H3,(H,30,33)/t20-/m0/s1. The Bertz CT molecular complexity index is 1060. The number of likely N-dealkylation sites (tertiary alicyclic amines) is 2. The first-order valence-corrected chi connectivity index (χ1v) is 12.7. The van der Waals surface area contributed by atoms with Crippen molar-refractivity contribution >= 4 is 23.7 Å². The Morgan fingerprint density at radius 1 is 1.05 bits per heavy atom. The van der Waals surface area contributed by atoms with E-state index in [1.807, 2.05) is 0 Å². The molecule has 0 radical (unpaired) electrons. The number of carbonyl (C=O) groups is 4. The number of benzene rings is 1. The van der Waals surface area contributed by atoms with E-state index >= 15 is 0 Å². The van der Waals surface area contributed by atoms with Crippen LogP contribution >= 0.6 is 0 Å². The van der Waals surface area contributed by atoms with Crippen molar-refractivity contribution in [2.45, 2.75) is 78.4 Å². The number of ether oxygens (including phenoxy) is 1. The largest absolute Gasteiger partial charge is 0.460 e. The molecule has 3 rings (SSSR count). The van der Waals surface area contributed by atoms with Crippen LogP contribution in [0.1, 0.15) is 75.7 Å². The van der Waals surface area contributed by atoms with Crippen LogP contribution in [0.25, 0.3) is 0 Å². The molecule has 2 fully saturated rings. The van der Waals surface area contributed by atoms with Crippen molar-refractivity contribution in [2.75, 3.05) is 26.2 Å². The average Bonchev–Trinajstić information content (AvgIpc) is 3.21. The number of nitrogens with zero attached hydrogens (tertiary/aromatic N) is 2. The number of amides is 3. The lowest BCUT2D eigenvalue weighted by atomic mass is 9.77. The van der Waals surface area contributed by atoms with E-state index in [0.29, 0.717) is 39.0 Å². The van der Waals surface area contributed by atoms with E-state index in [9.17, 15) is 28.0 Å². The van der Waals surface area contributed by atoms with Crippen LogP contribution in [-0.4, -0.2) is 71.3 Å². The number of hydrogen-bond donors (Lipinski definition) is 1. The molecule has 1 N–H and O–H groups in total. The summed E-state index contributed by atoms with van der Waals surface area (Å²) in [5.41, 5.74) is -1.16. The minimum Gasteiger partial charge on any atom is -0.460 e. The van der Waals surface area contributed by atoms with Gasteiger partial charge in [-0.1, -0.05) is 6.07 Å². The molecule has 8 nitrogen and oxygen atoms in total. The molecule has 2 saturated heterocycles. The van der Waals surface area contributed by atoms with E-state index < -0.39 is 40.7 Å². The van der Waals surface area contributed by atoms with Crippen LogP contribution in [0.15, 0.2) is 12.1 Å². The molecule has 1 aromatic rings. The van der Waals surface area contributed by atoms with Crippen molar-refractivity contribution in [3.05, 3.63) is 34.9 Å². The van der Waals surface area contributed by atoms with Gasteiger partial charge in [0.1, 0.15) is 28.8 Å². The van der Waals surface area contributed by atoms with Crippen LogP contribution in [0.4, 0.5) is 8.78 Å². The Labute approximate surface area is 216 Å². The summed E-state index contributed by atoms with van der Waals surface area (Å²) in [4.78, 5) is 53.2. The molecule has 1 spiro atoms. The van der Waals surface area contributed by atoms with Gasteiger partial charge in [0.2, 0.25) is 11.8 Å². The molecule has 0 unspecified atom stereocenters. The summed E-state index contributed by atoms with van der Waals surface area (Å²) >= 11 is 0. The molecule has 204 valence electrons. The molecule has 0 bridgehead atoms. The molecule has 2 aliphatic rings. The second-order valence-electron chi connectivity index (χ2n) is 11.2. The van der Waals surface area contributed by atoms with Crippen molar-refractivity contribution in [3.63, 3.8) is 0 Å². The first-order chi connectivity index (χ1) is 17.2. The Balaban J connectivity index is 1.60. The SMILES string of the molecule is CC(=O)N[C@@H](CCC(=O)OC(C)(C)C)C(=O)N1CCC2(CCN(C(=O)c3c(F)ccc(C)c3F)CC2)C1. The fraction of sp³-hybridized carbons (Fsp3) is 0.630. The lowest BCUT2D eigenvalue weighted by Crippen LogP contribution is -2.49. The van der Waals surface area contributed by atoms with Gasteiger partial charge < -0.3 is 19.9 Å². The zero-order chi connectivity index (χ0) is 27.5. The lowest BCUT2D eigenvalue weighted by Gasteiger charge is -2.39. The van der Waals surface area contributed by atoms with E-state index in [1.165, 1.54) is 24.8 Å². The van der Waals surface area contributed by atoms with Crippen LogP contribution in [0.5, 0.6) is 0 Å². The van der Waals surface area contributed by atoms with Gasteiger partial charge in [-0.05, 0) is 70.4 Å². The first-order valence-electron chi connectivity index (χ1n) is 12.7. The molecule has 0 aromatic heterocycles. The molecule has 3 amide bonds. The second kappa shape index (κ2) is 11.1. The summed E-state index contributed by atoms with van der Waals surface area (Å²) in [6.45, 7) is 9.73. The van der Waals surface area contributed by atoms with Gasteiger partial charge in [-0.25, -0.2) is 8.78 Å². The summed E-state index contributed by atoms with van der Waals surface area (Å²) in [5.74, 6) is -3.42. The number of halogens is 2. The van der Waals surface area contributed by atoms with Crippen molar-refractivity contribution in [1.82, 2.24) is 15.1 Å². The van der Waals surface area contributed by atoms with Crippen molar-refractivity contribution in [1.29, 1.82) is 0 Å². The summed E-state index contributed by atoms with van der Waals surface area (Å²) in [7, 11) is 0. The van der Waals surface area contributed by atoms with Gasteiger partial charge in [0, 0.05) is 39.5 Å². The third-order valence-electron chi connectivity index (χ3n) is 7.09. The summed E-state index contributed by atoms with van der Waals surface area (Å²) in [6.07, 6.45) is 2.05. The molecule has 2 aliphatic heterocycles. The van der Waals surface area contributed by atoms with Gasteiger partial charge in [-0.15, -0.1) is 0 Å². The van der Waals surface area contributed by atoms with Gasteiger partial charge in [0.05, 0.1) is 0 Å². The van der Waals surface area contributed by atoms with Crippen LogP contribution in [0.3, 0.4) is 0 Å². The highest BCUT2D eigenvalue weighted by molar-refractivity contribution is 5.95. The molecule has 0 saturated carbocycles. The van der Waals surface area contributed by atoms with Crippen LogP contribution in [0.2, 0.25) is 0 Å². The quantitative estimate of drug-likeness (QED) is 0.580. The highest BCUT2D eigenvalue weighted by Gasteiger charge is 2.44. The number of hydrogen-bond acceptors (Lipinski definition) is 5. The lowest BCUT2D eigenvalue weighted by molar-refractivity contribution is -0.155. The number of carbonyl (C=O) groups excluding carboxylic acids is 4. The Morgan fingerprint density at radius 3 is 2.22 bits per heavy atom. The first kappa shape index (κ1) is 28.5. The summed E-state index contributed by atoms with van der Waals surface area (Å²) < 4.78 is 34.0. The smallest absolute Gasteiger partial charge is 0.306 e. The number of aryl methyl sites for hydroxylation is 1. The van der Waals surface area contributed by atoms with E-state index in [-0.39, 0.29) is 35.6 Å². The number of piperidine rings is 1. The highest BCUT2D eigenvalue weighted by atomic mass is 19.1. The van der Waals surface area contributed by atoms with Crippen molar-refractivity contribution < 1.29 is 32.7 Å². The molecular formula is C27H37F2N3O5. The Hall–Kier alpha value is -3.04. The zero-order valence-corrected chi connectivity index (χ0v) is 22.3. The Morgan fingerprint density at radius 2 is 1.65 bits per heavy atom. The molecule has 37 heavy (non-hydrogen) atoms. The van der Waals surface area contributed by atoms with Gasteiger partial charge in [0.25, 0.3) is 5.91 Å². The van der Waals surface area contributed by atoms with E-state index in [1.54, 1.807) is 25.7 Å². The third-order valence-corrected chi connectivity index (χ3v) is 7.09. The zero-order valence-electron chi connectivity index (χ0n) is 22.3. The molecular weight excluding hydrogens is 484 g/mol. The minimum atomic E-state index is -0.874. The topological polar surface area (TPSA) is 96.0 Å². The Kier molecular flexibility index (Phi) is 8.59. The highest BCUT2D eigenvalue weighted by Crippen LogP contribution is 2.41. The van der Waals surface area contributed by atoms with Crippen LogP contribution in [-0.2, 0) is 19.1 Å². The molecule has 10 heteroatoms. The predicted molar refractivity (Wildman–Crippen MR) is 133 cm³/mol. The summed E-state index contributed by atoms with van der Waals surface area (Å²) in [5, 5.41) is 2.66. The van der Waals surface area contributed by atoms with Crippen molar-refractivity contribution in [3.8, 4) is 0 Å². The monoisotopic (exact) mass is 521 g/mol. The molecule has 0 aliphatic carbocycles. The predicted octanol–water partition coefficient (Wildman–Crippen LogP) is 3.35. The van der Waals surface area contributed by atoms with Gasteiger partial charge in [-0.2, -0.15) is 0 Å². The van der Waals surface area contributed by atoms with Crippen LogP contribution < -0.4 is 5.32 Å². The van der Waals surface area contributed by atoms with Gasteiger partial charge in [0.15, 0.2) is 0 Å². The second-order valence-corrected chi connectivity index (χ2v) is 11.2. The molecule has 1 atom stereocenters. The summed E-state index contributed by atoms with van der Waals surface area (Å²) in [6, 6.07) is 1.57. The maximum Gasteiger partial charge on any atom is 0.306 e.